The Morgan fingerprint density at radius 3 is 2.96 bits per heavy atom. The third-order valence-electron chi connectivity index (χ3n) is 4.50. The van der Waals surface area contributed by atoms with Crippen molar-refractivity contribution in [3.05, 3.63) is 29.8 Å². The summed E-state index contributed by atoms with van der Waals surface area (Å²) in [5.74, 6) is 0.414. The number of aromatic nitrogens is 7. The molecule has 1 aliphatic rings. The fourth-order valence-electron chi connectivity index (χ4n) is 3.34. The summed E-state index contributed by atoms with van der Waals surface area (Å²) in [6, 6.07) is 2.04. The Hall–Kier alpha value is -2.55. The highest BCUT2D eigenvalue weighted by Gasteiger charge is 2.26. The Morgan fingerprint density at radius 2 is 2.13 bits per heavy atom. The third-order valence-corrected chi connectivity index (χ3v) is 5.25. The molecule has 4 aromatic heterocycles. The van der Waals surface area contributed by atoms with Crippen molar-refractivity contribution < 1.29 is 0 Å². The molecule has 0 saturated carbocycles. The number of aromatic amines is 1. The summed E-state index contributed by atoms with van der Waals surface area (Å²) in [6.45, 7) is 1.94. The lowest BCUT2D eigenvalue weighted by Crippen LogP contribution is -2.33. The largest absolute Gasteiger partial charge is 0.347 e. The standard InChI is InChI=1S/C14H14N8S/c1-4-15-13-10(1)12-11(18-20-22(12)7-16-13)9-2-5-21(6-3-9)14-19-17-8-23-14/h1,4,7-9,15H,2-3,5-6H2. The molecule has 0 amide bonds. The van der Waals surface area contributed by atoms with Crippen LogP contribution in [0.15, 0.2) is 24.1 Å². The Balaban J connectivity index is 1.49. The Bertz CT molecular complexity index is 948. The molecule has 116 valence electrons. The van der Waals surface area contributed by atoms with Crippen LogP contribution in [0.3, 0.4) is 0 Å². The lowest BCUT2D eigenvalue weighted by molar-refractivity contribution is 0.496. The van der Waals surface area contributed by atoms with Gasteiger partial charge in [-0.2, -0.15) is 0 Å². The van der Waals surface area contributed by atoms with Gasteiger partial charge in [0.05, 0.1) is 5.69 Å². The molecule has 0 unspecified atom stereocenters. The van der Waals surface area contributed by atoms with E-state index in [9.17, 15) is 0 Å². The predicted octanol–water partition coefficient (Wildman–Crippen LogP) is 1.84. The first kappa shape index (κ1) is 12.9. The molecule has 8 nitrogen and oxygen atoms in total. The van der Waals surface area contributed by atoms with Crippen molar-refractivity contribution in [1.82, 2.24) is 35.0 Å². The van der Waals surface area contributed by atoms with Crippen molar-refractivity contribution in [2.75, 3.05) is 18.0 Å². The molecule has 23 heavy (non-hydrogen) atoms. The summed E-state index contributed by atoms with van der Waals surface area (Å²) in [6.07, 6.45) is 5.72. The highest BCUT2D eigenvalue weighted by atomic mass is 32.1. The average molecular weight is 326 g/mol. The van der Waals surface area contributed by atoms with Gasteiger partial charge < -0.3 is 9.88 Å². The fourth-order valence-corrected chi connectivity index (χ4v) is 3.96. The molecule has 0 radical (unpaired) electrons. The third kappa shape index (κ3) is 2.00. The average Bonchev–Trinajstić information content (AvgIpc) is 3.33. The summed E-state index contributed by atoms with van der Waals surface area (Å²) in [7, 11) is 0. The summed E-state index contributed by atoms with van der Waals surface area (Å²) < 4.78 is 1.78. The number of hydrogen-bond acceptors (Lipinski definition) is 7. The van der Waals surface area contributed by atoms with Gasteiger partial charge >= 0.3 is 0 Å². The molecular weight excluding hydrogens is 312 g/mol. The maximum Gasteiger partial charge on any atom is 0.208 e. The van der Waals surface area contributed by atoms with E-state index in [-0.39, 0.29) is 0 Å². The Labute approximate surface area is 135 Å². The Morgan fingerprint density at radius 1 is 1.22 bits per heavy atom. The minimum absolute atomic E-state index is 0.414. The SMILES string of the molecule is c1cc2c(ncn3nnc(C4CCN(c5nncs5)CC4)c23)[nH]1. The minimum Gasteiger partial charge on any atom is -0.347 e. The highest BCUT2D eigenvalue weighted by molar-refractivity contribution is 7.13. The number of rotatable bonds is 2. The zero-order chi connectivity index (χ0) is 15.2. The number of H-pyrrole nitrogens is 1. The second kappa shape index (κ2) is 4.98. The first-order valence-electron chi connectivity index (χ1n) is 7.58. The van der Waals surface area contributed by atoms with Crippen LogP contribution in [0, 0.1) is 0 Å². The number of hydrogen-bond donors (Lipinski definition) is 1. The molecule has 0 aromatic carbocycles. The predicted molar refractivity (Wildman–Crippen MR) is 86.7 cm³/mol. The molecule has 1 N–H and O–H groups in total. The molecule has 0 atom stereocenters. The van der Waals surface area contributed by atoms with E-state index in [4.69, 9.17) is 0 Å². The number of nitrogens with zero attached hydrogens (tertiary/aromatic N) is 7. The van der Waals surface area contributed by atoms with Gasteiger partial charge in [-0.05, 0) is 18.9 Å². The summed E-state index contributed by atoms with van der Waals surface area (Å²) in [5.41, 5.74) is 4.82. The van der Waals surface area contributed by atoms with Gasteiger partial charge in [-0.15, -0.1) is 15.3 Å². The molecule has 0 aliphatic carbocycles. The first-order chi connectivity index (χ1) is 11.4. The van der Waals surface area contributed by atoms with Crippen molar-refractivity contribution in [2.45, 2.75) is 18.8 Å². The summed E-state index contributed by atoms with van der Waals surface area (Å²) in [5, 5.41) is 18.9. The molecule has 0 bridgehead atoms. The zero-order valence-electron chi connectivity index (χ0n) is 12.3. The van der Waals surface area contributed by atoms with Crippen LogP contribution in [0.1, 0.15) is 24.5 Å². The second-order valence-corrected chi connectivity index (χ2v) is 6.55. The minimum atomic E-state index is 0.414. The molecular formula is C14H14N8S. The molecule has 1 fully saturated rings. The molecule has 9 heteroatoms. The van der Waals surface area contributed by atoms with Crippen LogP contribution in [0.5, 0.6) is 0 Å². The topological polar surface area (TPSA) is 87.9 Å². The van der Waals surface area contributed by atoms with E-state index in [2.05, 4.69) is 35.4 Å². The van der Waals surface area contributed by atoms with Gasteiger partial charge in [0.15, 0.2) is 0 Å². The van der Waals surface area contributed by atoms with Crippen LogP contribution < -0.4 is 4.90 Å². The molecule has 5 rings (SSSR count). The van der Waals surface area contributed by atoms with Crippen LogP contribution in [-0.4, -0.2) is 48.1 Å². The van der Waals surface area contributed by atoms with Crippen molar-refractivity contribution in [3.63, 3.8) is 0 Å². The van der Waals surface area contributed by atoms with Gasteiger partial charge in [-0.25, -0.2) is 9.50 Å². The van der Waals surface area contributed by atoms with E-state index in [1.165, 1.54) is 0 Å². The summed E-state index contributed by atoms with van der Waals surface area (Å²) in [4.78, 5) is 9.81. The van der Waals surface area contributed by atoms with Crippen LogP contribution in [0.25, 0.3) is 16.6 Å². The summed E-state index contributed by atoms with van der Waals surface area (Å²) >= 11 is 1.59. The van der Waals surface area contributed by atoms with E-state index in [0.717, 1.165) is 53.3 Å². The quantitative estimate of drug-likeness (QED) is 0.605. The monoisotopic (exact) mass is 326 g/mol. The van der Waals surface area contributed by atoms with Crippen LogP contribution in [0.2, 0.25) is 0 Å². The van der Waals surface area contributed by atoms with Gasteiger partial charge in [0.1, 0.15) is 23.0 Å². The van der Waals surface area contributed by atoms with Gasteiger partial charge in [-0.3, -0.25) is 0 Å². The van der Waals surface area contributed by atoms with Crippen LogP contribution >= 0.6 is 11.3 Å². The van der Waals surface area contributed by atoms with E-state index in [1.807, 2.05) is 12.3 Å². The second-order valence-electron chi connectivity index (χ2n) is 5.74. The smallest absolute Gasteiger partial charge is 0.208 e. The van der Waals surface area contributed by atoms with E-state index < -0.39 is 0 Å². The van der Waals surface area contributed by atoms with Crippen molar-refractivity contribution in [1.29, 1.82) is 0 Å². The lowest BCUT2D eigenvalue weighted by atomic mass is 9.92. The van der Waals surface area contributed by atoms with Gasteiger partial charge in [-0.1, -0.05) is 16.6 Å². The molecule has 1 saturated heterocycles. The van der Waals surface area contributed by atoms with Crippen LogP contribution in [-0.2, 0) is 0 Å². The van der Waals surface area contributed by atoms with Crippen molar-refractivity contribution in [3.8, 4) is 0 Å². The number of nitrogens with one attached hydrogen (secondary N) is 1. The molecule has 4 aromatic rings. The van der Waals surface area contributed by atoms with Crippen molar-refractivity contribution in [2.24, 2.45) is 0 Å². The number of anilines is 1. The normalized spacial score (nSPS) is 16.6. The fraction of sp³-hybridized carbons (Fsp3) is 0.357. The zero-order valence-corrected chi connectivity index (χ0v) is 13.1. The van der Waals surface area contributed by atoms with E-state index in [0.29, 0.717) is 5.92 Å². The Kier molecular flexibility index (Phi) is 2.80. The van der Waals surface area contributed by atoms with Gasteiger partial charge in [0, 0.05) is 30.6 Å². The molecule has 5 heterocycles. The number of fused-ring (bicyclic) bond motifs is 3. The van der Waals surface area contributed by atoms with Gasteiger partial charge in [0.2, 0.25) is 5.13 Å². The maximum atomic E-state index is 4.45. The van der Waals surface area contributed by atoms with Crippen LogP contribution in [0.4, 0.5) is 5.13 Å². The van der Waals surface area contributed by atoms with E-state index >= 15 is 0 Å². The number of piperidine rings is 1. The first-order valence-corrected chi connectivity index (χ1v) is 8.46. The van der Waals surface area contributed by atoms with E-state index in [1.54, 1.807) is 27.7 Å². The molecule has 1 aliphatic heterocycles. The lowest BCUT2D eigenvalue weighted by Gasteiger charge is -2.30. The van der Waals surface area contributed by atoms with Crippen molar-refractivity contribution >= 4 is 33.0 Å². The highest BCUT2D eigenvalue weighted by Crippen LogP contribution is 2.33. The molecule has 0 spiro atoms. The maximum absolute atomic E-state index is 4.45. The van der Waals surface area contributed by atoms with Gasteiger partial charge in [0.25, 0.3) is 0 Å².